The zero-order valence-electron chi connectivity index (χ0n) is 11.2. The van der Waals surface area contributed by atoms with E-state index in [2.05, 4.69) is 10.3 Å². The van der Waals surface area contributed by atoms with Crippen LogP contribution >= 0.6 is 0 Å². The monoisotopic (exact) mass is 278 g/mol. The Hall–Kier alpha value is -2.21. The van der Waals surface area contributed by atoms with Crippen LogP contribution in [-0.2, 0) is 5.60 Å². The maximum atomic E-state index is 12.8. The molecule has 0 saturated heterocycles. The van der Waals surface area contributed by atoms with E-state index in [1.807, 2.05) is 0 Å². The fraction of sp³-hybridized carbons (Fsp3) is 0.286. The molecule has 0 aliphatic heterocycles. The van der Waals surface area contributed by atoms with Crippen LogP contribution in [0.4, 0.5) is 4.39 Å². The molecular weight excluding hydrogens is 263 g/mol. The van der Waals surface area contributed by atoms with Gasteiger partial charge in [0.15, 0.2) is 12.1 Å². The third-order valence-corrected chi connectivity index (χ3v) is 3.02. The molecule has 0 bridgehead atoms. The number of carbonyl (C=O) groups excluding carboxylic acids is 1. The largest absolute Gasteiger partial charge is 0.448 e. The van der Waals surface area contributed by atoms with Gasteiger partial charge in [-0.15, -0.1) is 0 Å². The summed E-state index contributed by atoms with van der Waals surface area (Å²) < 4.78 is 17.8. The highest BCUT2D eigenvalue weighted by molar-refractivity contribution is 5.93. The Morgan fingerprint density at radius 3 is 2.65 bits per heavy atom. The lowest BCUT2D eigenvalue weighted by Gasteiger charge is -2.24. The summed E-state index contributed by atoms with van der Waals surface area (Å²) in [5, 5.41) is 12.9. The van der Waals surface area contributed by atoms with Crippen LogP contribution in [0.2, 0.25) is 0 Å². The lowest BCUT2D eigenvalue weighted by molar-refractivity contribution is 0.0524. The maximum Gasteiger partial charge on any atom is 0.273 e. The molecule has 0 aliphatic carbocycles. The summed E-state index contributed by atoms with van der Waals surface area (Å²) in [5.74, 6) is -0.408. The Bertz CT molecular complexity index is 605. The molecule has 1 aromatic carbocycles. The van der Waals surface area contributed by atoms with E-state index in [1.165, 1.54) is 37.6 Å². The van der Waals surface area contributed by atoms with Crippen molar-refractivity contribution in [2.45, 2.75) is 19.4 Å². The minimum Gasteiger partial charge on any atom is -0.448 e. The highest BCUT2D eigenvalue weighted by atomic mass is 19.1. The minimum absolute atomic E-state index is 0.0240. The molecule has 5 nitrogen and oxygen atoms in total. The van der Waals surface area contributed by atoms with Crippen molar-refractivity contribution in [2.24, 2.45) is 0 Å². The van der Waals surface area contributed by atoms with E-state index < -0.39 is 11.5 Å². The van der Waals surface area contributed by atoms with Crippen molar-refractivity contribution in [1.82, 2.24) is 10.3 Å². The summed E-state index contributed by atoms with van der Waals surface area (Å²) in [6.45, 7) is 3.14. The molecule has 2 rings (SSSR count). The molecule has 6 heteroatoms. The lowest BCUT2D eigenvalue weighted by atomic mass is 9.96. The summed E-state index contributed by atoms with van der Waals surface area (Å²) in [5.41, 5.74) is -0.614. The van der Waals surface area contributed by atoms with Gasteiger partial charge in [-0.05, 0) is 31.5 Å². The van der Waals surface area contributed by atoms with Crippen LogP contribution in [0.5, 0.6) is 0 Å². The molecule has 106 valence electrons. The smallest absolute Gasteiger partial charge is 0.273 e. The lowest BCUT2D eigenvalue weighted by Crippen LogP contribution is -2.38. The van der Waals surface area contributed by atoms with Crippen molar-refractivity contribution in [3.05, 3.63) is 53.5 Å². The Kier molecular flexibility index (Phi) is 3.85. The first-order valence-corrected chi connectivity index (χ1v) is 6.07. The number of nitrogens with zero attached hydrogens (tertiary/aromatic N) is 1. The molecule has 0 spiro atoms. The van der Waals surface area contributed by atoms with Gasteiger partial charge in [-0.25, -0.2) is 9.37 Å². The van der Waals surface area contributed by atoms with Crippen LogP contribution in [0.1, 0.15) is 28.7 Å². The first-order valence-electron chi connectivity index (χ1n) is 6.07. The molecule has 0 radical (unpaired) electrons. The van der Waals surface area contributed by atoms with Crippen molar-refractivity contribution in [1.29, 1.82) is 0 Å². The first-order chi connectivity index (χ1) is 9.40. The number of hydrogen-bond acceptors (Lipinski definition) is 4. The second-order valence-electron chi connectivity index (χ2n) is 4.72. The highest BCUT2D eigenvalue weighted by Gasteiger charge is 2.25. The number of nitrogens with one attached hydrogen (secondary N) is 1. The number of rotatable bonds is 4. The highest BCUT2D eigenvalue weighted by Crippen LogP contribution is 2.20. The summed E-state index contributed by atoms with van der Waals surface area (Å²) in [6.07, 6.45) is 1.18. The molecule has 0 aliphatic rings. The van der Waals surface area contributed by atoms with Crippen LogP contribution in [0, 0.1) is 12.7 Å². The molecule has 20 heavy (non-hydrogen) atoms. The SMILES string of the molecule is Cc1ocnc1C(=O)NCC(C)(O)c1ccc(F)cc1. The van der Waals surface area contributed by atoms with Crippen LogP contribution in [0.25, 0.3) is 0 Å². The van der Waals surface area contributed by atoms with E-state index in [9.17, 15) is 14.3 Å². The van der Waals surface area contributed by atoms with Crippen LogP contribution in [0.3, 0.4) is 0 Å². The van der Waals surface area contributed by atoms with Crippen molar-refractivity contribution >= 4 is 5.91 Å². The molecule has 1 atom stereocenters. The average molecular weight is 278 g/mol. The van der Waals surface area contributed by atoms with Gasteiger partial charge in [0.05, 0.1) is 6.54 Å². The van der Waals surface area contributed by atoms with Crippen LogP contribution in [-0.4, -0.2) is 22.5 Å². The average Bonchev–Trinajstić information content (AvgIpc) is 2.83. The number of amides is 1. The fourth-order valence-electron chi connectivity index (χ4n) is 1.77. The fourth-order valence-corrected chi connectivity index (χ4v) is 1.77. The Morgan fingerprint density at radius 2 is 2.10 bits per heavy atom. The Labute approximate surface area is 115 Å². The minimum atomic E-state index is -1.30. The number of aliphatic hydroxyl groups is 1. The van der Waals surface area contributed by atoms with Crippen molar-refractivity contribution in [2.75, 3.05) is 6.54 Å². The molecule has 1 heterocycles. The second kappa shape index (κ2) is 5.42. The third kappa shape index (κ3) is 3.03. The van der Waals surface area contributed by atoms with Gasteiger partial charge in [0.1, 0.15) is 17.2 Å². The van der Waals surface area contributed by atoms with Crippen molar-refractivity contribution in [3.63, 3.8) is 0 Å². The molecule has 1 aromatic heterocycles. The molecule has 0 saturated carbocycles. The number of oxazole rings is 1. The van der Waals surface area contributed by atoms with Gasteiger partial charge in [0.2, 0.25) is 0 Å². The van der Waals surface area contributed by atoms with E-state index >= 15 is 0 Å². The van der Waals surface area contributed by atoms with E-state index in [1.54, 1.807) is 6.92 Å². The standard InChI is InChI=1S/C14H15FN2O3/c1-9-12(17-8-20-9)13(18)16-7-14(2,19)10-3-5-11(15)6-4-10/h3-6,8,19H,7H2,1-2H3,(H,16,18). The maximum absolute atomic E-state index is 12.8. The van der Waals surface area contributed by atoms with E-state index in [-0.39, 0.29) is 18.1 Å². The van der Waals surface area contributed by atoms with Gasteiger partial charge >= 0.3 is 0 Å². The molecule has 1 amide bonds. The summed E-state index contributed by atoms with van der Waals surface area (Å²) in [7, 11) is 0. The van der Waals surface area contributed by atoms with E-state index in [0.717, 1.165) is 0 Å². The van der Waals surface area contributed by atoms with Gasteiger partial charge in [0.25, 0.3) is 5.91 Å². The third-order valence-electron chi connectivity index (χ3n) is 3.02. The number of aromatic nitrogens is 1. The normalized spacial score (nSPS) is 13.8. The summed E-state index contributed by atoms with van der Waals surface area (Å²) >= 11 is 0. The van der Waals surface area contributed by atoms with Gasteiger partial charge in [0, 0.05) is 0 Å². The number of halogens is 1. The van der Waals surface area contributed by atoms with Gasteiger partial charge in [-0.3, -0.25) is 4.79 Å². The number of carbonyl (C=O) groups is 1. The predicted octanol–water partition coefficient (Wildman–Crippen LogP) is 1.76. The topological polar surface area (TPSA) is 75.4 Å². The van der Waals surface area contributed by atoms with Gasteiger partial charge in [-0.1, -0.05) is 12.1 Å². The molecule has 2 N–H and O–H groups in total. The zero-order chi connectivity index (χ0) is 14.8. The molecular formula is C14H15FN2O3. The van der Waals surface area contributed by atoms with E-state index in [0.29, 0.717) is 11.3 Å². The molecule has 1 unspecified atom stereocenters. The first kappa shape index (κ1) is 14.2. The second-order valence-corrected chi connectivity index (χ2v) is 4.72. The van der Waals surface area contributed by atoms with Crippen molar-refractivity contribution in [3.8, 4) is 0 Å². The van der Waals surface area contributed by atoms with E-state index in [4.69, 9.17) is 4.42 Å². The van der Waals surface area contributed by atoms with Crippen LogP contribution < -0.4 is 5.32 Å². The summed E-state index contributed by atoms with van der Waals surface area (Å²) in [6, 6.07) is 5.46. The predicted molar refractivity (Wildman–Crippen MR) is 69.5 cm³/mol. The quantitative estimate of drug-likeness (QED) is 0.893. The zero-order valence-corrected chi connectivity index (χ0v) is 11.2. The molecule has 2 aromatic rings. The molecule has 0 fully saturated rings. The van der Waals surface area contributed by atoms with Gasteiger partial charge in [-0.2, -0.15) is 0 Å². The van der Waals surface area contributed by atoms with Gasteiger partial charge < -0.3 is 14.8 Å². The Balaban J connectivity index is 2.04. The van der Waals surface area contributed by atoms with Crippen molar-refractivity contribution < 1.29 is 18.7 Å². The number of benzene rings is 1. The summed E-state index contributed by atoms with van der Waals surface area (Å²) in [4.78, 5) is 15.6. The Morgan fingerprint density at radius 1 is 1.45 bits per heavy atom. The van der Waals surface area contributed by atoms with Crippen LogP contribution in [0.15, 0.2) is 35.1 Å². The number of hydrogen-bond donors (Lipinski definition) is 2. The number of aryl methyl sites for hydroxylation is 1.